The van der Waals surface area contributed by atoms with Crippen molar-refractivity contribution in [1.29, 1.82) is 0 Å². The van der Waals surface area contributed by atoms with Crippen molar-refractivity contribution in [2.45, 2.75) is 208 Å². The molecule has 13 aromatic rings. The zero-order valence-electron chi connectivity index (χ0n) is 83.9. The van der Waals surface area contributed by atoms with E-state index in [0.717, 1.165) is 46.2 Å². The summed E-state index contributed by atoms with van der Waals surface area (Å²) >= 11 is 0. The minimum atomic E-state index is -2.54. The fourth-order valence-corrected chi connectivity index (χ4v) is 18.6. The Morgan fingerprint density at radius 3 is 1.28 bits per heavy atom. The molecule has 143 heavy (non-hydrogen) atoms. The maximum atomic E-state index is 14.2. The van der Waals surface area contributed by atoms with Crippen molar-refractivity contribution in [2.75, 3.05) is 78.6 Å². The van der Waals surface area contributed by atoms with Gasteiger partial charge in [0, 0.05) is 122 Å². The number of carbonyl (C=O) groups is 8. The number of aromatic nitrogens is 16. The van der Waals surface area contributed by atoms with E-state index < -0.39 is 34.1 Å². The number of piperazine rings is 4. The number of imidazole rings is 4. The van der Waals surface area contributed by atoms with Crippen LogP contribution >= 0.6 is 0 Å². The van der Waals surface area contributed by atoms with Crippen LogP contribution in [0.2, 0.25) is 0 Å². The van der Waals surface area contributed by atoms with Crippen molar-refractivity contribution >= 4 is 76.1 Å². The number of amides is 8. The molecule has 6 aliphatic rings. The van der Waals surface area contributed by atoms with Gasteiger partial charge in [-0.1, -0.05) is 113 Å². The van der Waals surface area contributed by atoms with Gasteiger partial charge in [0.2, 0.25) is 11.8 Å². The van der Waals surface area contributed by atoms with E-state index in [-0.39, 0.29) is 128 Å². The van der Waals surface area contributed by atoms with Crippen LogP contribution < -0.4 is 5.32 Å². The fourth-order valence-electron chi connectivity index (χ4n) is 18.6. The normalized spacial score (nSPS) is 17.1. The van der Waals surface area contributed by atoms with Crippen LogP contribution in [0.3, 0.4) is 0 Å². The van der Waals surface area contributed by atoms with Crippen molar-refractivity contribution in [3.05, 3.63) is 231 Å². The minimum absolute atomic E-state index is 0.00586. The molecule has 4 saturated heterocycles. The summed E-state index contributed by atoms with van der Waals surface area (Å²) in [4.78, 5) is 140. The number of nitrogens with zero attached hydrogens (tertiary/aromatic N) is 23. The molecule has 14 heterocycles. The highest BCUT2D eigenvalue weighted by Gasteiger charge is 2.57. The number of carbonyl (C=O) groups excluding carboxylic acids is 8. The van der Waals surface area contributed by atoms with Gasteiger partial charge in [-0.15, -0.1) is 10.2 Å². The summed E-state index contributed by atoms with van der Waals surface area (Å²) in [5.41, 5.74) is 8.65. The number of fused-ring (bicyclic) bond motifs is 4. The minimum Gasteiger partial charge on any atom is -0.394 e. The smallest absolute Gasteiger partial charge is 0.295 e. The van der Waals surface area contributed by atoms with Gasteiger partial charge in [-0.25, -0.2) is 59.9 Å². The van der Waals surface area contributed by atoms with Crippen LogP contribution in [0, 0.1) is 24.4 Å². The Morgan fingerprint density at radius 1 is 0.476 bits per heavy atom. The molecule has 8 amide bonds. The molecule has 0 atom stereocenters. The third kappa shape index (κ3) is 20.3. The van der Waals surface area contributed by atoms with E-state index in [1.165, 1.54) is 42.5 Å². The number of aromatic amines is 1. The highest BCUT2D eigenvalue weighted by molar-refractivity contribution is 6.13. The zero-order valence-corrected chi connectivity index (χ0v) is 83.9. The number of hydrogen-bond acceptors (Lipinski definition) is 21. The van der Waals surface area contributed by atoms with Gasteiger partial charge in [0.25, 0.3) is 47.7 Å². The summed E-state index contributed by atoms with van der Waals surface area (Å²) in [6.07, 6.45) is 8.87. The maximum absolute atomic E-state index is 14.2. The van der Waals surface area contributed by atoms with Crippen molar-refractivity contribution in [3.63, 3.8) is 0 Å². The Bertz CT molecular complexity index is 7220. The molecule has 5 aliphatic heterocycles. The lowest BCUT2D eigenvalue weighted by Gasteiger charge is -2.48. The van der Waals surface area contributed by atoms with E-state index in [4.69, 9.17) is 4.98 Å². The van der Waals surface area contributed by atoms with Crippen molar-refractivity contribution in [2.24, 2.45) is 4.99 Å². The Labute approximate surface area is 823 Å². The van der Waals surface area contributed by atoms with Gasteiger partial charge in [-0.05, 0) is 193 Å². The van der Waals surface area contributed by atoms with E-state index in [1.807, 2.05) is 78.0 Å². The van der Waals surface area contributed by atoms with Crippen LogP contribution in [0.25, 0.3) is 67.6 Å². The van der Waals surface area contributed by atoms with E-state index in [2.05, 4.69) is 129 Å². The second-order valence-electron chi connectivity index (χ2n) is 42.7. The Morgan fingerprint density at radius 2 is 0.881 bits per heavy atom. The lowest BCUT2D eigenvalue weighted by molar-refractivity contribution is -0.151. The summed E-state index contributed by atoms with van der Waals surface area (Å²) in [5, 5.41) is 44.5. The molecule has 4 aromatic carbocycles. The number of tetrazole rings is 1. The van der Waals surface area contributed by atoms with Crippen LogP contribution in [0.5, 0.6) is 0 Å². The molecule has 0 spiro atoms. The van der Waals surface area contributed by atoms with E-state index in [9.17, 15) is 65.4 Å². The number of aliphatic imine (C=N–C) groups is 1. The Hall–Kier alpha value is -14.8. The number of alkyl halides is 2. The summed E-state index contributed by atoms with van der Waals surface area (Å²) < 4.78 is 73.6. The maximum Gasteiger partial charge on any atom is 0.295 e. The number of aliphatic hydroxyl groups is 1. The molecule has 1 aliphatic carbocycles. The molecule has 1 saturated carbocycles. The van der Waals surface area contributed by atoms with Crippen LogP contribution in [0.1, 0.15) is 243 Å². The Kier molecular flexibility index (Phi) is 27.0. The lowest BCUT2D eigenvalue weighted by atomic mass is 9.87. The van der Waals surface area contributed by atoms with E-state index in [1.54, 1.807) is 160 Å². The van der Waals surface area contributed by atoms with Crippen molar-refractivity contribution in [1.82, 2.24) is 119 Å². The standard InChI is InChI=1S/C28H30F2N6O2.C27H32FN5O3.C25H28FN9O2.C24H28FN5O2/c1-17(2)21-13-22(18-5-7-19(8-6-18)24(29)30)33-36-15-23(32-25(21)36)27(38)35-12-11-34(16-28(35,3)4)26(37)20-9-10-31-14-20;1-25(2,3)19-14-20(17-6-8-18(28)9-7-17)30-33-15-21(29-22(19)33)23(35)31-12-13-32(24(36)26(31,4)5)27(16-34)10-11-27;1-24(2,3)17-12-18(15-6-8-16(26)9-7-15)30-35-13-19(27-21(17)35)22(36)34-11-10-33(14-25(34,4)5)23(37)20-28-31-32-29-20;1-14-7-8-15(11-17(14)25)18-12-16(23(2,3)4)20-27-19(13-30(20)28-18)21(31)29-10-9-26-22(32)24(29,5)6/h5-9,13-15,17,24H,10-12,16H2,1-4H3;6-9,14-15,34H,10-13,16H2,1-5H3;6-9,12-13H,10-11,14H2,1-5H3,(H,28,29,31,32);7-8,11-13H,9-10H2,1-6H3,(H,26,32). The van der Waals surface area contributed by atoms with Crippen LogP contribution in [0.15, 0.2) is 157 Å². The van der Waals surface area contributed by atoms with E-state index in [0.29, 0.717) is 140 Å². The number of hydrogen-bond donors (Lipinski definition) is 3. The highest BCUT2D eigenvalue weighted by atomic mass is 19.3. The van der Waals surface area contributed by atoms with Gasteiger partial charge in [0.05, 0.1) is 82.9 Å². The lowest BCUT2D eigenvalue weighted by Crippen LogP contribution is -2.67. The van der Waals surface area contributed by atoms with Crippen LogP contribution in [-0.2, 0) is 30.6 Å². The molecule has 19 rings (SSSR count). The van der Waals surface area contributed by atoms with Crippen molar-refractivity contribution in [3.8, 4) is 45.0 Å². The molecule has 0 radical (unpaired) electrons. The number of aliphatic hydroxyl groups excluding tert-OH is 1. The molecule has 3 N–H and O–H groups in total. The number of H-pyrrole nitrogens is 1. The molecule has 5 fully saturated rings. The number of halogens is 5. The van der Waals surface area contributed by atoms with Gasteiger partial charge in [0.1, 0.15) is 51.3 Å². The molecular formula is C104H118F5N25O9. The van der Waals surface area contributed by atoms with Crippen molar-refractivity contribution < 1.29 is 65.4 Å². The Balaban J connectivity index is 0.000000137. The van der Waals surface area contributed by atoms with E-state index >= 15 is 0 Å². The molecule has 39 heteroatoms. The van der Waals surface area contributed by atoms with Crippen LogP contribution in [0.4, 0.5) is 22.0 Å². The monoisotopic (exact) mass is 1960 g/mol. The van der Waals surface area contributed by atoms with Gasteiger partial charge in [0.15, 0.2) is 22.6 Å². The SMILES string of the molecule is CC(C)(C)c1cc(-c2ccc(F)cc2)nn2cc(C(=O)N3CCN(C(=O)c4nn[nH]n4)CC3(C)C)nc12.CC(C)(C)c1cc(-c2ccc(F)cc2)nn2cc(C(=O)N3CCN(C4(CO)CC4)C(=O)C3(C)C)nc12.CC(C)c1cc(-c2ccc(C(F)F)cc2)nn2cc(C(=O)N3CCN(C(=O)C4=CCN=C4)CC3(C)C)nc12.Cc1ccc(-c2cc(C(C)(C)C)c3nc(C(=O)N4CCNC(=O)C4(C)C)cn3n2)cc1F. The molecule has 0 unspecified atom stereocenters. The van der Waals surface area contributed by atoms with Gasteiger partial charge in [-0.3, -0.25) is 43.3 Å². The van der Waals surface area contributed by atoms with Crippen LogP contribution in [-0.4, -0.2) is 278 Å². The summed E-state index contributed by atoms with van der Waals surface area (Å²) in [5.74, 6) is -2.76. The van der Waals surface area contributed by atoms with Gasteiger partial charge < -0.3 is 44.7 Å². The number of benzene rings is 4. The second kappa shape index (κ2) is 38.2. The molecule has 0 bridgehead atoms. The first-order valence-corrected chi connectivity index (χ1v) is 47.6. The van der Waals surface area contributed by atoms with Gasteiger partial charge >= 0.3 is 0 Å². The number of rotatable bonds is 14. The number of nitrogens with one attached hydrogen (secondary N) is 2. The topological polar surface area (TPSA) is 379 Å². The first-order valence-electron chi connectivity index (χ1n) is 47.6. The quantitative estimate of drug-likeness (QED) is 0.0851. The highest BCUT2D eigenvalue weighted by Crippen LogP contribution is 2.45. The molecule has 9 aromatic heterocycles. The fraction of sp³-hybridized carbons (Fsp3) is 0.423. The average Bonchev–Trinajstić information content (AvgIpc) is 1.59. The third-order valence-corrected chi connectivity index (χ3v) is 27.2. The predicted molar refractivity (Wildman–Crippen MR) is 526 cm³/mol. The molecule has 748 valence electrons. The second-order valence-corrected chi connectivity index (χ2v) is 42.7. The zero-order chi connectivity index (χ0) is 103. The van der Waals surface area contributed by atoms with Gasteiger partial charge in [-0.2, -0.15) is 25.6 Å². The summed E-state index contributed by atoms with van der Waals surface area (Å²) in [7, 11) is 0. The summed E-state index contributed by atoms with van der Waals surface area (Å²) in [6, 6.07) is 31.0. The largest absolute Gasteiger partial charge is 0.394 e. The molecular weight excluding hydrogens is 1840 g/mol. The molecule has 34 nitrogen and oxygen atoms in total. The first-order chi connectivity index (χ1) is 67.2. The summed E-state index contributed by atoms with van der Waals surface area (Å²) in [6.45, 7) is 43.0. The first kappa shape index (κ1) is 101. The predicted octanol–water partition coefficient (Wildman–Crippen LogP) is 14.2. The average molecular weight is 1960 g/mol. The number of aryl methyl sites for hydroxylation is 1. The third-order valence-electron chi connectivity index (χ3n) is 27.2.